The summed E-state index contributed by atoms with van der Waals surface area (Å²) in [4.78, 5) is 9.43. The molecule has 0 atom stereocenters. The summed E-state index contributed by atoms with van der Waals surface area (Å²) in [6, 6.07) is 22.1. The predicted octanol–water partition coefficient (Wildman–Crippen LogP) is 6.38. The summed E-state index contributed by atoms with van der Waals surface area (Å²) in [6.45, 7) is 0. The lowest BCUT2D eigenvalue weighted by Crippen LogP contribution is -1.86. The second-order valence-electron chi connectivity index (χ2n) is 7.07. The Labute approximate surface area is 189 Å². The number of aromatic hydroxyl groups is 1. The maximum Gasteiger partial charge on any atom is 0.165 e. The molecule has 6 nitrogen and oxygen atoms in total. The van der Waals surface area contributed by atoms with Crippen LogP contribution in [0, 0.1) is 0 Å². The number of aliphatic imine (C=N–C) groups is 1. The van der Waals surface area contributed by atoms with Crippen molar-refractivity contribution in [3.8, 4) is 34.1 Å². The van der Waals surface area contributed by atoms with Gasteiger partial charge in [-0.1, -0.05) is 17.7 Å². The maximum atomic E-state index is 9.95. The number of fused-ring (bicyclic) bond motifs is 1. The first kappa shape index (κ1) is 19.9. The summed E-state index contributed by atoms with van der Waals surface area (Å²) >= 11 is 5.97. The number of halogens is 1. The maximum absolute atomic E-state index is 9.95. The molecule has 7 heteroatoms. The number of aromatic nitrogens is 2. The Morgan fingerprint density at radius 2 is 1.84 bits per heavy atom. The number of hydrogen-bond acceptors (Lipinski definition) is 5. The lowest BCUT2D eigenvalue weighted by molar-refractivity contribution is 0.373. The smallest absolute Gasteiger partial charge is 0.165 e. The third-order valence-corrected chi connectivity index (χ3v) is 5.28. The molecule has 0 fully saturated rings. The van der Waals surface area contributed by atoms with Crippen molar-refractivity contribution in [3.05, 3.63) is 89.8 Å². The molecule has 0 unspecified atom stereocenters. The highest BCUT2D eigenvalue weighted by Gasteiger charge is 2.15. The Kier molecular flexibility index (Phi) is 5.13. The quantitative estimate of drug-likeness (QED) is 0.320. The number of pyridine rings is 1. The van der Waals surface area contributed by atoms with Gasteiger partial charge in [0.25, 0.3) is 0 Å². The molecule has 0 aliphatic heterocycles. The number of methoxy groups -OCH3 is 1. The Morgan fingerprint density at radius 1 is 1.03 bits per heavy atom. The number of nitrogens with zero attached hydrogens (tertiary/aromatic N) is 3. The Morgan fingerprint density at radius 3 is 2.66 bits per heavy atom. The molecule has 0 radical (unpaired) electrons. The van der Waals surface area contributed by atoms with Gasteiger partial charge in [0.05, 0.1) is 13.3 Å². The molecule has 5 aromatic rings. The molecule has 0 saturated carbocycles. The van der Waals surface area contributed by atoms with Gasteiger partial charge in [-0.05, 0) is 66.7 Å². The molecule has 0 amide bonds. The van der Waals surface area contributed by atoms with Crippen molar-refractivity contribution in [2.75, 3.05) is 7.11 Å². The van der Waals surface area contributed by atoms with E-state index in [-0.39, 0.29) is 5.75 Å². The summed E-state index contributed by atoms with van der Waals surface area (Å²) in [6.07, 6.45) is 3.56. The minimum absolute atomic E-state index is 0.0652. The van der Waals surface area contributed by atoms with Crippen LogP contribution in [0.4, 0.5) is 5.82 Å². The van der Waals surface area contributed by atoms with Crippen LogP contribution in [0.1, 0.15) is 5.76 Å². The van der Waals surface area contributed by atoms with Gasteiger partial charge in [0.2, 0.25) is 0 Å². The van der Waals surface area contributed by atoms with E-state index in [0.29, 0.717) is 28.0 Å². The van der Waals surface area contributed by atoms with Gasteiger partial charge >= 0.3 is 0 Å². The number of ether oxygens (including phenoxy) is 1. The molecule has 0 aliphatic carbocycles. The van der Waals surface area contributed by atoms with E-state index >= 15 is 0 Å². The highest BCUT2D eigenvalue weighted by atomic mass is 35.5. The molecule has 3 aromatic heterocycles. The van der Waals surface area contributed by atoms with E-state index in [2.05, 4.69) is 0 Å². The molecule has 5 rings (SSSR count). The van der Waals surface area contributed by atoms with Crippen LogP contribution in [-0.2, 0) is 0 Å². The Bertz CT molecular complexity index is 1430. The highest BCUT2D eigenvalue weighted by molar-refractivity contribution is 6.30. The van der Waals surface area contributed by atoms with E-state index in [9.17, 15) is 5.11 Å². The van der Waals surface area contributed by atoms with E-state index < -0.39 is 0 Å². The number of furan rings is 1. The molecular weight excluding hydrogens is 426 g/mol. The molecule has 0 saturated heterocycles. The van der Waals surface area contributed by atoms with E-state index in [1.807, 2.05) is 65.2 Å². The van der Waals surface area contributed by atoms with Crippen molar-refractivity contribution in [2.45, 2.75) is 0 Å². The number of phenolic OH excluding ortho intramolecular Hbond substituents is 1. The molecule has 3 heterocycles. The van der Waals surface area contributed by atoms with Crippen LogP contribution in [0.5, 0.6) is 11.5 Å². The number of imidazole rings is 1. The van der Waals surface area contributed by atoms with E-state index in [1.54, 1.807) is 24.4 Å². The van der Waals surface area contributed by atoms with E-state index in [1.165, 1.54) is 7.11 Å². The molecule has 0 bridgehead atoms. The van der Waals surface area contributed by atoms with Crippen LogP contribution in [0.15, 0.2) is 88.4 Å². The van der Waals surface area contributed by atoms with Crippen LogP contribution in [0.3, 0.4) is 0 Å². The van der Waals surface area contributed by atoms with Gasteiger partial charge in [-0.25, -0.2) is 9.98 Å². The van der Waals surface area contributed by atoms with Gasteiger partial charge in [0, 0.05) is 22.3 Å². The van der Waals surface area contributed by atoms with Crippen molar-refractivity contribution in [3.63, 3.8) is 0 Å². The fraction of sp³-hybridized carbons (Fsp3) is 0.0400. The van der Waals surface area contributed by atoms with Crippen molar-refractivity contribution in [1.82, 2.24) is 9.38 Å². The van der Waals surface area contributed by atoms with Gasteiger partial charge in [-0.3, -0.25) is 4.40 Å². The second kappa shape index (κ2) is 8.24. The largest absolute Gasteiger partial charge is 0.504 e. The van der Waals surface area contributed by atoms with Crippen molar-refractivity contribution < 1.29 is 14.3 Å². The average Bonchev–Trinajstić information content (AvgIpc) is 3.43. The first-order chi connectivity index (χ1) is 15.6. The van der Waals surface area contributed by atoms with Crippen LogP contribution in [0.2, 0.25) is 5.02 Å². The minimum Gasteiger partial charge on any atom is -0.504 e. The summed E-state index contributed by atoms with van der Waals surface area (Å²) in [5.41, 5.74) is 3.12. The lowest BCUT2D eigenvalue weighted by Gasteiger charge is -2.05. The SMILES string of the molecule is COc1cc(-c2nc3ccccn3c2/N=C/c2ccc(-c3ccc(Cl)cc3)o2)ccc1O. The van der Waals surface area contributed by atoms with Gasteiger partial charge in [0.15, 0.2) is 17.3 Å². The fourth-order valence-corrected chi connectivity index (χ4v) is 3.57. The zero-order valence-corrected chi connectivity index (χ0v) is 17.8. The topological polar surface area (TPSA) is 72.3 Å². The lowest BCUT2D eigenvalue weighted by atomic mass is 10.1. The van der Waals surface area contributed by atoms with E-state index in [4.69, 9.17) is 30.7 Å². The zero-order chi connectivity index (χ0) is 22.1. The second-order valence-corrected chi connectivity index (χ2v) is 7.50. The number of benzene rings is 2. The van der Waals surface area contributed by atoms with Gasteiger partial charge in [0.1, 0.15) is 22.9 Å². The minimum atomic E-state index is 0.0652. The molecule has 158 valence electrons. The molecular formula is C25H18ClN3O3. The standard InChI is InChI=1S/C25H18ClN3O3/c1-31-22-14-17(7-11-20(22)30)24-25(29-13-3-2-4-23(29)28-24)27-15-19-10-12-21(32-19)16-5-8-18(26)9-6-16/h2-15,30H,1H3/b27-15+. The Balaban J connectivity index is 1.55. The first-order valence-electron chi connectivity index (χ1n) is 9.87. The summed E-state index contributed by atoms with van der Waals surface area (Å²) in [5, 5.41) is 10.6. The van der Waals surface area contributed by atoms with E-state index in [0.717, 1.165) is 22.5 Å². The van der Waals surface area contributed by atoms with Crippen LogP contribution in [0.25, 0.3) is 28.2 Å². The highest BCUT2D eigenvalue weighted by Crippen LogP contribution is 2.36. The van der Waals surface area contributed by atoms with Gasteiger partial charge in [-0.2, -0.15) is 0 Å². The predicted molar refractivity (Wildman–Crippen MR) is 125 cm³/mol. The monoisotopic (exact) mass is 443 g/mol. The summed E-state index contributed by atoms with van der Waals surface area (Å²) in [7, 11) is 1.51. The molecule has 32 heavy (non-hydrogen) atoms. The van der Waals surface area contributed by atoms with Crippen molar-refractivity contribution in [1.29, 1.82) is 0 Å². The third-order valence-electron chi connectivity index (χ3n) is 5.03. The molecule has 0 aliphatic rings. The molecule has 2 aromatic carbocycles. The number of rotatable bonds is 5. The van der Waals surface area contributed by atoms with Crippen LogP contribution in [-0.4, -0.2) is 27.8 Å². The van der Waals surface area contributed by atoms with Crippen LogP contribution >= 0.6 is 11.6 Å². The van der Waals surface area contributed by atoms with Crippen molar-refractivity contribution in [2.24, 2.45) is 4.99 Å². The summed E-state index contributed by atoms with van der Waals surface area (Å²) < 4.78 is 13.1. The van der Waals surface area contributed by atoms with Crippen LogP contribution < -0.4 is 4.74 Å². The first-order valence-corrected chi connectivity index (χ1v) is 10.2. The third kappa shape index (κ3) is 3.72. The van der Waals surface area contributed by atoms with Gasteiger partial charge < -0.3 is 14.3 Å². The fourth-order valence-electron chi connectivity index (χ4n) is 3.44. The molecule has 0 spiro atoms. The molecule has 1 N–H and O–H groups in total. The number of phenols is 1. The Hall–Kier alpha value is -4.03. The van der Waals surface area contributed by atoms with Crippen molar-refractivity contribution >= 4 is 29.3 Å². The zero-order valence-electron chi connectivity index (χ0n) is 17.1. The summed E-state index contributed by atoms with van der Waals surface area (Å²) in [5.74, 6) is 2.40. The number of hydrogen-bond donors (Lipinski definition) is 1. The average molecular weight is 444 g/mol. The van der Waals surface area contributed by atoms with Gasteiger partial charge in [-0.15, -0.1) is 0 Å². The normalized spacial score (nSPS) is 11.4.